The Morgan fingerprint density at radius 3 is 2.31 bits per heavy atom. The van der Waals surface area contributed by atoms with Crippen molar-refractivity contribution in [3.63, 3.8) is 0 Å². The molecule has 1 fully saturated rings. The molecule has 2 amide bonds. The summed E-state index contributed by atoms with van der Waals surface area (Å²) in [5.41, 5.74) is 2.92. The molecular formula is C23H30F2N4O3. The number of aryl methyl sites for hydroxylation is 1. The molecule has 1 aromatic heterocycles. The van der Waals surface area contributed by atoms with Crippen LogP contribution in [0, 0.1) is 19.8 Å². The highest BCUT2D eigenvalue weighted by Crippen LogP contribution is 2.23. The molecule has 1 aromatic carbocycles. The van der Waals surface area contributed by atoms with Crippen LogP contribution in [0.3, 0.4) is 0 Å². The molecule has 0 spiro atoms. The molecule has 0 aliphatic carbocycles. The lowest BCUT2D eigenvalue weighted by Crippen LogP contribution is -2.51. The summed E-state index contributed by atoms with van der Waals surface area (Å²) in [5, 5.41) is 4.57. The highest BCUT2D eigenvalue weighted by Gasteiger charge is 2.28. The second kappa shape index (κ2) is 10.1. The number of carbonyl (C=O) groups is 2. The van der Waals surface area contributed by atoms with Gasteiger partial charge >= 0.3 is 6.61 Å². The molecule has 0 saturated carbocycles. The summed E-state index contributed by atoms with van der Waals surface area (Å²) in [6, 6.07) is 5.97. The number of para-hydroxylation sites is 1. The van der Waals surface area contributed by atoms with Gasteiger partial charge in [-0.15, -0.1) is 0 Å². The summed E-state index contributed by atoms with van der Waals surface area (Å²) in [7, 11) is 0. The maximum atomic E-state index is 12.9. The van der Waals surface area contributed by atoms with Gasteiger partial charge in [-0.25, -0.2) is 0 Å². The van der Waals surface area contributed by atoms with Crippen LogP contribution in [0.2, 0.25) is 0 Å². The monoisotopic (exact) mass is 448 g/mol. The minimum absolute atomic E-state index is 0.00571. The van der Waals surface area contributed by atoms with Gasteiger partial charge in [0.05, 0.1) is 17.7 Å². The van der Waals surface area contributed by atoms with Crippen LogP contribution in [-0.2, 0) is 17.8 Å². The van der Waals surface area contributed by atoms with Crippen LogP contribution in [0.5, 0.6) is 5.75 Å². The average Bonchev–Trinajstić information content (AvgIpc) is 3.00. The molecule has 2 heterocycles. The lowest BCUT2D eigenvalue weighted by atomic mass is 10.1. The molecule has 0 unspecified atom stereocenters. The number of alkyl halides is 2. The van der Waals surface area contributed by atoms with E-state index < -0.39 is 6.61 Å². The summed E-state index contributed by atoms with van der Waals surface area (Å²) in [6.45, 7) is 7.40. The van der Waals surface area contributed by atoms with E-state index >= 15 is 0 Å². The second-order valence-electron chi connectivity index (χ2n) is 8.45. The smallest absolute Gasteiger partial charge is 0.387 e. The molecule has 0 bridgehead atoms. The van der Waals surface area contributed by atoms with Crippen molar-refractivity contribution in [2.24, 2.45) is 5.92 Å². The number of aromatic nitrogens is 2. The summed E-state index contributed by atoms with van der Waals surface area (Å²) >= 11 is 0. The number of hydrogen-bond acceptors (Lipinski definition) is 4. The Labute approximate surface area is 186 Å². The first-order valence-electron chi connectivity index (χ1n) is 10.8. The SMILES string of the molecule is Cc1nn(CC(C)C)c(C)c1CC(=O)N1CCN(C(=O)c2ccccc2OC(F)F)CC1. The summed E-state index contributed by atoms with van der Waals surface area (Å²) in [6.07, 6.45) is 0.273. The van der Waals surface area contributed by atoms with Crippen molar-refractivity contribution in [1.82, 2.24) is 19.6 Å². The summed E-state index contributed by atoms with van der Waals surface area (Å²) in [5.74, 6) is -0.0717. The van der Waals surface area contributed by atoms with Gasteiger partial charge in [0.25, 0.3) is 5.91 Å². The number of nitrogens with zero attached hydrogens (tertiary/aromatic N) is 4. The van der Waals surface area contributed by atoms with Gasteiger partial charge < -0.3 is 14.5 Å². The Morgan fingerprint density at radius 2 is 1.69 bits per heavy atom. The molecule has 9 heteroatoms. The lowest BCUT2D eigenvalue weighted by Gasteiger charge is -2.35. The fraction of sp³-hybridized carbons (Fsp3) is 0.522. The van der Waals surface area contributed by atoms with E-state index in [1.54, 1.807) is 21.9 Å². The molecule has 0 radical (unpaired) electrons. The number of ether oxygens (including phenoxy) is 1. The molecule has 7 nitrogen and oxygen atoms in total. The quantitative estimate of drug-likeness (QED) is 0.652. The van der Waals surface area contributed by atoms with Gasteiger partial charge in [0.2, 0.25) is 5.91 Å². The molecule has 0 atom stereocenters. The average molecular weight is 449 g/mol. The van der Waals surface area contributed by atoms with E-state index in [2.05, 4.69) is 23.7 Å². The van der Waals surface area contributed by atoms with Crippen molar-refractivity contribution in [2.75, 3.05) is 26.2 Å². The van der Waals surface area contributed by atoms with Crippen LogP contribution in [0.25, 0.3) is 0 Å². The zero-order valence-electron chi connectivity index (χ0n) is 19.0. The third-order valence-corrected chi connectivity index (χ3v) is 5.65. The standard InChI is InChI=1S/C23H30F2N4O3/c1-15(2)14-29-17(4)19(16(3)26-29)13-21(30)27-9-11-28(12-10-27)22(31)18-7-5-6-8-20(18)32-23(24)25/h5-8,15,23H,9-14H2,1-4H3. The first-order valence-corrected chi connectivity index (χ1v) is 10.8. The van der Waals surface area contributed by atoms with Crippen LogP contribution in [0.15, 0.2) is 24.3 Å². The van der Waals surface area contributed by atoms with Gasteiger partial charge in [0.15, 0.2) is 0 Å². The van der Waals surface area contributed by atoms with Crippen molar-refractivity contribution >= 4 is 11.8 Å². The van der Waals surface area contributed by atoms with Crippen LogP contribution in [-0.4, -0.2) is 64.2 Å². The third kappa shape index (κ3) is 5.44. The zero-order chi connectivity index (χ0) is 23.4. The highest BCUT2D eigenvalue weighted by molar-refractivity contribution is 5.97. The minimum Gasteiger partial charge on any atom is -0.434 e. The first kappa shape index (κ1) is 23.7. The lowest BCUT2D eigenvalue weighted by molar-refractivity contribution is -0.132. The molecule has 1 aliphatic rings. The number of rotatable bonds is 7. The van der Waals surface area contributed by atoms with E-state index in [0.29, 0.717) is 32.1 Å². The van der Waals surface area contributed by atoms with E-state index in [4.69, 9.17) is 0 Å². The normalized spacial score (nSPS) is 14.4. The zero-order valence-corrected chi connectivity index (χ0v) is 19.0. The number of benzene rings is 1. The van der Waals surface area contributed by atoms with Crippen molar-refractivity contribution < 1.29 is 23.1 Å². The molecule has 32 heavy (non-hydrogen) atoms. The molecule has 3 rings (SSSR count). The van der Waals surface area contributed by atoms with Gasteiger partial charge in [-0.3, -0.25) is 14.3 Å². The van der Waals surface area contributed by atoms with Crippen molar-refractivity contribution in [2.45, 2.75) is 47.3 Å². The van der Waals surface area contributed by atoms with Crippen molar-refractivity contribution in [3.8, 4) is 5.75 Å². The summed E-state index contributed by atoms with van der Waals surface area (Å²) in [4.78, 5) is 29.0. The molecule has 1 saturated heterocycles. The van der Waals surface area contributed by atoms with Crippen molar-refractivity contribution in [3.05, 3.63) is 46.8 Å². The molecular weight excluding hydrogens is 418 g/mol. The number of halogens is 2. The predicted molar refractivity (Wildman–Crippen MR) is 116 cm³/mol. The third-order valence-electron chi connectivity index (χ3n) is 5.65. The Balaban J connectivity index is 1.61. The first-order chi connectivity index (χ1) is 15.2. The van der Waals surface area contributed by atoms with Crippen LogP contribution >= 0.6 is 0 Å². The van der Waals surface area contributed by atoms with Gasteiger partial charge in [0.1, 0.15) is 5.75 Å². The number of carbonyl (C=O) groups excluding carboxylic acids is 2. The second-order valence-corrected chi connectivity index (χ2v) is 8.45. The topological polar surface area (TPSA) is 67.7 Å². The molecule has 0 N–H and O–H groups in total. The van der Waals surface area contributed by atoms with E-state index in [1.165, 1.54) is 12.1 Å². The Bertz CT molecular complexity index is 966. The van der Waals surface area contributed by atoms with Crippen LogP contribution in [0.4, 0.5) is 8.78 Å². The van der Waals surface area contributed by atoms with Gasteiger partial charge in [0, 0.05) is 44.0 Å². The van der Waals surface area contributed by atoms with Crippen molar-refractivity contribution in [1.29, 1.82) is 0 Å². The van der Waals surface area contributed by atoms with Gasteiger partial charge in [-0.2, -0.15) is 13.9 Å². The maximum absolute atomic E-state index is 12.9. The number of hydrogen-bond donors (Lipinski definition) is 0. The largest absolute Gasteiger partial charge is 0.434 e. The molecule has 174 valence electrons. The Kier molecular flexibility index (Phi) is 7.48. The summed E-state index contributed by atoms with van der Waals surface area (Å²) < 4.78 is 31.7. The Morgan fingerprint density at radius 1 is 1.06 bits per heavy atom. The van der Waals surface area contributed by atoms with Gasteiger partial charge in [-0.1, -0.05) is 26.0 Å². The van der Waals surface area contributed by atoms with Crippen LogP contribution < -0.4 is 4.74 Å². The highest BCUT2D eigenvalue weighted by atomic mass is 19.3. The predicted octanol–water partition coefficient (Wildman–Crippen LogP) is 3.28. The fourth-order valence-corrected chi connectivity index (χ4v) is 3.95. The number of amides is 2. The fourth-order valence-electron chi connectivity index (χ4n) is 3.95. The maximum Gasteiger partial charge on any atom is 0.387 e. The van der Waals surface area contributed by atoms with Crippen LogP contribution in [0.1, 0.15) is 41.2 Å². The number of piperazine rings is 1. The molecule has 1 aliphatic heterocycles. The van der Waals surface area contributed by atoms with E-state index in [0.717, 1.165) is 23.5 Å². The van der Waals surface area contributed by atoms with E-state index in [-0.39, 0.29) is 29.5 Å². The van der Waals surface area contributed by atoms with E-state index in [1.807, 2.05) is 18.5 Å². The minimum atomic E-state index is -3.00. The molecule has 2 aromatic rings. The Hall–Kier alpha value is -2.97. The van der Waals surface area contributed by atoms with Gasteiger partial charge in [-0.05, 0) is 31.9 Å². The van der Waals surface area contributed by atoms with E-state index in [9.17, 15) is 18.4 Å².